The number of rotatable bonds is 10. The molecule has 1 saturated carbocycles. The number of hydrogen-bond donors (Lipinski definition) is 1. The van der Waals surface area contributed by atoms with Crippen LogP contribution in [-0.4, -0.2) is 42.9 Å². The van der Waals surface area contributed by atoms with Crippen LogP contribution in [0.1, 0.15) is 25.3 Å². The maximum absolute atomic E-state index is 12.9. The van der Waals surface area contributed by atoms with Crippen LogP contribution in [0.3, 0.4) is 0 Å². The monoisotopic (exact) mass is 424 g/mol. The first-order chi connectivity index (χ1) is 15.0. The fourth-order valence-electron chi connectivity index (χ4n) is 3.15. The Hall–Kier alpha value is -3.35. The summed E-state index contributed by atoms with van der Waals surface area (Å²) in [6.45, 7) is 2.13. The summed E-state index contributed by atoms with van der Waals surface area (Å²) in [5, 5.41) is 2.87. The van der Waals surface area contributed by atoms with Crippen molar-refractivity contribution in [3.63, 3.8) is 0 Å². The molecule has 31 heavy (non-hydrogen) atoms. The lowest BCUT2D eigenvalue weighted by molar-refractivity contribution is -0.147. The molecular formula is C24H28N2O5. The Kier molecular flexibility index (Phi) is 7.65. The van der Waals surface area contributed by atoms with E-state index in [0.717, 1.165) is 18.4 Å². The van der Waals surface area contributed by atoms with E-state index in [0.29, 0.717) is 18.0 Å². The Morgan fingerprint density at radius 2 is 1.84 bits per heavy atom. The molecule has 7 heteroatoms. The first kappa shape index (κ1) is 22.3. The zero-order chi connectivity index (χ0) is 22.2. The predicted molar refractivity (Wildman–Crippen MR) is 116 cm³/mol. The van der Waals surface area contributed by atoms with Gasteiger partial charge >= 0.3 is 5.97 Å². The van der Waals surface area contributed by atoms with Gasteiger partial charge in [-0.25, -0.2) is 0 Å². The van der Waals surface area contributed by atoms with Crippen LogP contribution in [0.25, 0.3) is 0 Å². The van der Waals surface area contributed by atoms with Crippen LogP contribution in [0.15, 0.2) is 54.6 Å². The summed E-state index contributed by atoms with van der Waals surface area (Å²) in [5.41, 5.74) is 1.60. The van der Waals surface area contributed by atoms with Gasteiger partial charge in [0.25, 0.3) is 5.91 Å². The Bertz CT molecular complexity index is 911. The minimum atomic E-state index is -0.460. The molecule has 164 valence electrons. The van der Waals surface area contributed by atoms with E-state index in [1.54, 1.807) is 36.1 Å². The quantitative estimate of drug-likeness (QED) is 0.592. The molecule has 7 nitrogen and oxygen atoms in total. The van der Waals surface area contributed by atoms with Gasteiger partial charge in [-0.3, -0.25) is 14.4 Å². The number of amides is 2. The van der Waals surface area contributed by atoms with Crippen molar-refractivity contribution in [2.45, 2.75) is 26.3 Å². The molecule has 2 aromatic rings. The van der Waals surface area contributed by atoms with Crippen molar-refractivity contribution < 1.29 is 23.9 Å². The van der Waals surface area contributed by atoms with E-state index in [1.165, 1.54) is 7.11 Å². The molecule has 2 amide bonds. The molecule has 1 N–H and O–H groups in total. The summed E-state index contributed by atoms with van der Waals surface area (Å²) in [7, 11) is 1.33. The number of ether oxygens (including phenoxy) is 2. The highest BCUT2D eigenvalue weighted by Gasteiger charge is 2.29. The van der Waals surface area contributed by atoms with Crippen molar-refractivity contribution in [2.75, 3.05) is 25.6 Å². The van der Waals surface area contributed by atoms with Crippen molar-refractivity contribution >= 4 is 23.5 Å². The summed E-state index contributed by atoms with van der Waals surface area (Å²) in [4.78, 5) is 38.3. The van der Waals surface area contributed by atoms with Gasteiger partial charge in [0.05, 0.1) is 13.0 Å². The highest BCUT2D eigenvalue weighted by molar-refractivity contribution is 5.94. The largest absolute Gasteiger partial charge is 0.484 e. The SMILES string of the molecule is COC(=O)C(C)CN(Cc1ccccc1)C(=O)COc1cccc(NC(=O)C2CC2)c1. The van der Waals surface area contributed by atoms with Crippen LogP contribution < -0.4 is 10.1 Å². The topological polar surface area (TPSA) is 84.9 Å². The second-order valence-electron chi connectivity index (χ2n) is 7.76. The fraction of sp³-hybridized carbons (Fsp3) is 0.375. The van der Waals surface area contributed by atoms with Crippen LogP contribution in [-0.2, 0) is 25.7 Å². The summed E-state index contributed by atoms with van der Waals surface area (Å²) >= 11 is 0. The van der Waals surface area contributed by atoms with Crippen molar-refractivity contribution in [3.8, 4) is 5.75 Å². The summed E-state index contributed by atoms with van der Waals surface area (Å²) < 4.78 is 10.5. The van der Waals surface area contributed by atoms with Gasteiger partial charge in [-0.1, -0.05) is 43.3 Å². The number of anilines is 1. The summed E-state index contributed by atoms with van der Waals surface area (Å²) in [6.07, 6.45) is 1.86. The average molecular weight is 424 g/mol. The Morgan fingerprint density at radius 3 is 2.52 bits per heavy atom. The zero-order valence-corrected chi connectivity index (χ0v) is 17.9. The number of benzene rings is 2. The van der Waals surface area contributed by atoms with Crippen LogP contribution in [0.5, 0.6) is 5.75 Å². The maximum atomic E-state index is 12.9. The van der Waals surface area contributed by atoms with E-state index in [2.05, 4.69) is 5.32 Å². The first-order valence-electron chi connectivity index (χ1n) is 10.4. The molecule has 2 aromatic carbocycles. The predicted octanol–water partition coefficient (Wildman–Crippen LogP) is 3.25. The highest BCUT2D eigenvalue weighted by Crippen LogP contribution is 2.30. The van der Waals surface area contributed by atoms with Crippen LogP contribution in [0, 0.1) is 11.8 Å². The molecule has 0 aromatic heterocycles. The van der Waals surface area contributed by atoms with E-state index in [-0.39, 0.29) is 36.9 Å². The smallest absolute Gasteiger partial charge is 0.310 e. The summed E-state index contributed by atoms with van der Waals surface area (Å²) in [5.74, 6) is -0.465. The van der Waals surface area contributed by atoms with Crippen LogP contribution >= 0.6 is 0 Å². The molecule has 0 bridgehead atoms. The molecule has 1 atom stereocenters. The lowest BCUT2D eigenvalue weighted by Gasteiger charge is -2.25. The van der Waals surface area contributed by atoms with E-state index in [4.69, 9.17) is 9.47 Å². The number of carbonyl (C=O) groups excluding carboxylic acids is 3. The molecule has 3 rings (SSSR count). The van der Waals surface area contributed by atoms with E-state index in [9.17, 15) is 14.4 Å². The number of nitrogens with zero attached hydrogens (tertiary/aromatic N) is 1. The number of carbonyl (C=O) groups is 3. The van der Waals surface area contributed by atoms with Gasteiger partial charge in [0, 0.05) is 30.8 Å². The summed E-state index contributed by atoms with van der Waals surface area (Å²) in [6, 6.07) is 16.6. The van der Waals surface area contributed by atoms with Gasteiger partial charge in [0.1, 0.15) is 5.75 Å². The molecule has 0 spiro atoms. The molecule has 0 aliphatic heterocycles. The normalized spacial score (nSPS) is 13.7. The lowest BCUT2D eigenvalue weighted by atomic mass is 10.1. The van der Waals surface area contributed by atoms with Gasteiger partial charge in [0.15, 0.2) is 6.61 Å². The average Bonchev–Trinajstić information content (AvgIpc) is 3.63. The van der Waals surface area contributed by atoms with Crippen molar-refractivity contribution in [1.82, 2.24) is 4.90 Å². The van der Waals surface area contributed by atoms with Gasteiger partial charge in [-0.2, -0.15) is 0 Å². The molecule has 1 unspecified atom stereocenters. The van der Waals surface area contributed by atoms with E-state index < -0.39 is 5.92 Å². The molecule has 0 heterocycles. The van der Waals surface area contributed by atoms with E-state index in [1.807, 2.05) is 30.3 Å². The zero-order valence-electron chi connectivity index (χ0n) is 17.9. The second-order valence-corrected chi connectivity index (χ2v) is 7.76. The minimum Gasteiger partial charge on any atom is -0.484 e. The van der Waals surface area contributed by atoms with E-state index >= 15 is 0 Å². The molecular weight excluding hydrogens is 396 g/mol. The standard InChI is InChI=1S/C24H28N2O5/c1-17(24(29)30-2)14-26(15-18-7-4-3-5-8-18)22(27)16-31-21-10-6-9-20(13-21)25-23(28)19-11-12-19/h3-10,13,17,19H,11-12,14-16H2,1-2H3,(H,25,28). The minimum absolute atomic E-state index is 0.0130. The van der Waals surface area contributed by atoms with Gasteiger partial charge in [-0.15, -0.1) is 0 Å². The van der Waals surface area contributed by atoms with Gasteiger partial charge in [-0.05, 0) is 30.5 Å². The third-order valence-electron chi connectivity index (χ3n) is 5.08. The van der Waals surface area contributed by atoms with Crippen molar-refractivity contribution in [1.29, 1.82) is 0 Å². The molecule has 1 aliphatic carbocycles. The first-order valence-corrected chi connectivity index (χ1v) is 10.4. The number of nitrogens with one attached hydrogen (secondary N) is 1. The number of methoxy groups -OCH3 is 1. The highest BCUT2D eigenvalue weighted by atomic mass is 16.5. The molecule has 0 saturated heterocycles. The lowest BCUT2D eigenvalue weighted by Crippen LogP contribution is -2.39. The Labute approximate surface area is 182 Å². The molecule has 1 aliphatic rings. The maximum Gasteiger partial charge on any atom is 0.310 e. The Balaban J connectivity index is 1.62. The van der Waals surface area contributed by atoms with Crippen molar-refractivity contribution in [3.05, 3.63) is 60.2 Å². The van der Waals surface area contributed by atoms with Crippen LogP contribution in [0.4, 0.5) is 5.69 Å². The fourth-order valence-corrected chi connectivity index (χ4v) is 3.15. The molecule has 0 radical (unpaired) electrons. The number of esters is 1. The third kappa shape index (κ3) is 6.84. The Morgan fingerprint density at radius 1 is 1.10 bits per heavy atom. The van der Waals surface area contributed by atoms with Gasteiger partial charge in [0.2, 0.25) is 5.91 Å². The molecule has 1 fully saturated rings. The van der Waals surface area contributed by atoms with Gasteiger partial charge < -0.3 is 19.7 Å². The number of hydrogen-bond acceptors (Lipinski definition) is 5. The third-order valence-corrected chi connectivity index (χ3v) is 5.08. The van der Waals surface area contributed by atoms with Crippen LogP contribution in [0.2, 0.25) is 0 Å². The second kappa shape index (κ2) is 10.6. The van der Waals surface area contributed by atoms with Crippen molar-refractivity contribution in [2.24, 2.45) is 11.8 Å².